The van der Waals surface area contributed by atoms with Crippen molar-refractivity contribution in [3.05, 3.63) is 75.2 Å². The van der Waals surface area contributed by atoms with E-state index < -0.39 is 0 Å². The van der Waals surface area contributed by atoms with Gasteiger partial charge in [-0.15, -0.1) is 21.5 Å². The van der Waals surface area contributed by atoms with Gasteiger partial charge >= 0.3 is 0 Å². The highest BCUT2D eigenvalue weighted by Gasteiger charge is 2.20. The molecule has 0 radical (unpaired) electrons. The maximum absolute atomic E-state index is 14.1. The molecule has 0 unspecified atom stereocenters. The lowest BCUT2D eigenvalue weighted by Crippen LogP contribution is -2.00. The zero-order valence-corrected chi connectivity index (χ0v) is 18.4. The monoisotopic (exact) mass is 443 g/mol. The van der Waals surface area contributed by atoms with Crippen LogP contribution < -0.4 is 0 Å². The molecule has 0 spiro atoms. The highest BCUT2D eigenvalue weighted by molar-refractivity contribution is 7.98. The molecule has 0 fully saturated rings. The van der Waals surface area contributed by atoms with Crippen molar-refractivity contribution in [2.75, 3.05) is 0 Å². The SMILES string of the molecule is CCn1c(SCc2c(F)cccc2Cl)nnc1-c1csc(C)c1-c1ccccc1. The summed E-state index contributed by atoms with van der Waals surface area (Å²) in [6, 6.07) is 15.1. The standard InChI is InChI=1S/C22H19ClFN3S2/c1-3-27-21(17-13-28-14(2)20(17)15-8-5-4-6-9-15)25-26-22(27)29-12-16-18(23)10-7-11-19(16)24/h4-11,13H,3,12H2,1-2H3. The Hall–Kier alpha value is -2.15. The minimum Gasteiger partial charge on any atom is -0.302 e. The maximum Gasteiger partial charge on any atom is 0.191 e. The molecule has 2 heterocycles. The summed E-state index contributed by atoms with van der Waals surface area (Å²) < 4.78 is 16.2. The summed E-state index contributed by atoms with van der Waals surface area (Å²) in [5.41, 5.74) is 3.91. The van der Waals surface area contributed by atoms with Gasteiger partial charge in [0.1, 0.15) is 5.82 Å². The summed E-state index contributed by atoms with van der Waals surface area (Å²) in [7, 11) is 0. The molecule has 2 aromatic carbocycles. The Kier molecular flexibility index (Phi) is 6.04. The summed E-state index contributed by atoms with van der Waals surface area (Å²) in [6.07, 6.45) is 0. The highest BCUT2D eigenvalue weighted by atomic mass is 35.5. The van der Waals surface area contributed by atoms with E-state index in [2.05, 4.69) is 46.1 Å². The molecule has 0 saturated heterocycles. The van der Waals surface area contributed by atoms with Gasteiger partial charge in [-0.3, -0.25) is 0 Å². The number of hydrogen-bond acceptors (Lipinski definition) is 4. The van der Waals surface area contributed by atoms with Crippen LogP contribution in [0.4, 0.5) is 4.39 Å². The molecule has 0 N–H and O–H groups in total. The van der Waals surface area contributed by atoms with E-state index in [1.165, 1.54) is 33.8 Å². The van der Waals surface area contributed by atoms with E-state index in [-0.39, 0.29) is 5.82 Å². The molecule has 3 nitrogen and oxygen atoms in total. The molecular weight excluding hydrogens is 425 g/mol. The van der Waals surface area contributed by atoms with Crippen LogP contribution >= 0.6 is 34.7 Å². The number of aryl methyl sites for hydroxylation is 1. The van der Waals surface area contributed by atoms with E-state index in [9.17, 15) is 4.39 Å². The Morgan fingerprint density at radius 1 is 1.10 bits per heavy atom. The Morgan fingerprint density at radius 3 is 2.62 bits per heavy atom. The van der Waals surface area contributed by atoms with Crippen LogP contribution in [0.15, 0.2) is 59.1 Å². The van der Waals surface area contributed by atoms with Crippen molar-refractivity contribution in [3.8, 4) is 22.5 Å². The molecule has 2 aromatic heterocycles. The van der Waals surface area contributed by atoms with Crippen molar-refractivity contribution < 1.29 is 4.39 Å². The Bertz CT molecular complexity index is 1120. The van der Waals surface area contributed by atoms with Gasteiger partial charge in [-0.2, -0.15) is 0 Å². The summed E-state index contributed by atoms with van der Waals surface area (Å²) in [5, 5.41) is 12.2. The van der Waals surface area contributed by atoms with Crippen LogP contribution in [0, 0.1) is 12.7 Å². The first-order valence-corrected chi connectivity index (χ1v) is 11.5. The van der Waals surface area contributed by atoms with E-state index in [4.69, 9.17) is 11.6 Å². The Morgan fingerprint density at radius 2 is 1.90 bits per heavy atom. The summed E-state index contributed by atoms with van der Waals surface area (Å²) in [5.74, 6) is 0.933. The molecule has 0 atom stereocenters. The zero-order chi connectivity index (χ0) is 20.4. The molecule has 0 aliphatic carbocycles. The number of thiophene rings is 1. The lowest BCUT2D eigenvalue weighted by Gasteiger charge is -2.10. The third kappa shape index (κ3) is 3.97. The molecule has 148 valence electrons. The number of nitrogens with zero attached hydrogens (tertiary/aromatic N) is 3. The van der Waals surface area contributed by atoms with Gasteiger partial charge in [0.15, 0.2) is 11.0 Å². The minimum absolute atomic E-state index is 0.299. The molecule has 0 amide bonds. The zero-order valence-electron chi connectivity index (χ0n) is 16.0. The molecule has 0 bridgehead atoms. The first kappa shape index (κ1) is 20.1. The summed E-state index contributed by atoms with van der Waals surface area (Å²) in [4.78, 5) is 1.24. The van der Waals surface area contributed by atoms with E-state index in [1.54, 1.807) is 23.5 Å². The summed E-state index contributed by atoms with van der Waals surface area (Å²) >= 11 is 9.32. The van der Waals surface area contributed by atoms with E-state index in [1.807, 2.05) is 18.2 Å². The number of thioether (sulfide) groups is 1. The number of aromatic nitrogens is 3. The fourth-order valence-corrected chi connectivity index (χ4v) is 5.48. The Balaban J connectivity index is 1.69. The molecule has 0 aliphatic rings. The number of rotatable bonds is 6. The van der Waals surface area contributed by atoms with Crippen LogP contribution in [0.25, 0.3) is 22.5 Å². The second-order valence-electron chi connectivity index (χ2n) is 6.49. The second kappa shape index (κ2) is 8.69. The van der Waals surface area contributed by atoms with Gasteiger partial charge < -0.3 is 4.57 Å². The van der Waals surface area contributed by atoms with Crippen LogP contribution in [0.2, 0.25) is 5.02 Å². The van der Waals surface area contributed by atoms with Crippen LogP contribution in [-0.2, 0) is 12.3 Å². The van der Waals surface area contributed by atoms with Gasteiger partial charge in [0, 0.05) is 44.3 Å². The fraction of sp³-hybridized carbons (Fsp3) is 0.182. The maximum atomic E-state index is 14.1. The largest absolute Gasteiger partial charge is 0.302 e. The van der Waals surface area contributed by atoms with Crippen molar-refractivity contribution in [3.63, 3.8) is 0 Å². The first-order valence-electron chi connectivity index (χ1n) is 9.23. The quantitative estimate of drug-likeness (QED) is 0.298. The van der Waals surface area contributed by atoms with Crippen LogP contribution in [0.1, 0.15) is 17.4 Å². The van der Waals surface area contributed by atoms with Crippen LogP contribution in [0.3, 0.4) is 0 Å². The lowest BCUT2D eigenvalue weighted by atomic mass is 10.0. The number of halogens is 2. The normalized spacial score (nSPS) is 11.2. The molecule has 0 saturated carbocycles. The van der Waals surface area contributed by atoms with Crippen LogP contribution in [0.5, 0.6) is 0 Å². The third-order valence-electron chi connectivity index (χ3n) is 4.72. The average Bonchev–Trinajstić information content (AvgIpc) is 3.31. The molecule has 4 rings (SSSR count). The molecule has 4 aromatic rings. The van der Waals surface area contributed by atoms with E-state index in [0.717, 1.165) is 23.1 Å². The fourth-order valence-electron chi connectivity index (χ4n) is 3.27. The van der Waals surface area contributed by atoms with Crippen molar-refractivity contribution in [1.82, 2.24) is 14.8 Å². The molecule has 0 aliphatic heterocycles. The minimum atomic E-state index is -0.299. The number of benzene rings is 2. The topological polar surface area (TPSA) is 30.7 Å². The van der Waals surface area contributed by atoms with Gasteiger partial charge in [-0.05, 0) is 31.5 Å². The van der Waals surface area contributed by atoms with Crippen molar-refractivity contribution in [2.24, 2.45) is 0 Å². The van der Waals surface area contributed by atoms with Gasteiger partial charge in [-0.1, -0.05) is 59.8 Å². The smallest absolute Gasteiger partial charge is 0.191 e. The van der Waals surface area contributed by atoms with Crippen molar-refractivity contribution >= 4 is 34.7 Å². The van der Waals surface area contributed by atoms with Crippen molar-refractivity contribution in [2.45, 2.75) is 31.3 Å². The van der Waals surface area contributed by atoms with Crippen LogP contribution in [-0.4, -0.2) is 14.8 Å². The molecule has 29 heavy (non-hydrogen) atoms. The summed E-state index contributed by atoms with van der Waals surface area (Å²) in [6.45, 7) is 4.91. The Labute approximate surface area is 182 Å². The first-order chi connectivity index (χ1) is 14.1. The van der Waals surface area contributed by atoms with E-state index >= 15 is 0 Å². The van der Waals surface area contributed by atoms with Gasteiger partial charge in [0.25, 0.3) is 0 Å². The molecule has 7 heteroatoms. The number of hydrogen-bond donors (Lipinski definition) is 0. The molecular formula is C22H19ClFN3S2. The van der Waals surface area contributed by atoms with Gasteiger partial charge in [-0.25, -0.2) is 4.39 Å². The second-order valence-corrected chi connectivity index (χ2v) is 8.92. The average molecular weight is 444 g/mol. The van der Waals surface area contributed by atoms with Crippen molar-refractivity contribution in [1.29, 1.82) is 0 Å². The van der Waals surface area contributed by atoms with Gasteiger partial charge in [0.05, 0.1) is 0 Å². The predicted octanol–water partition coefficient (Wildman–Crippen LogP) is 7.09. The predicted molar refractivity (Wildman–Crippen MR) is 120 cm³/mol. The lowest BCUT2D eigenvalue weighted by molar-refractivity contribution is 0.617. The van der Waals surface area contributed by atoms with E-state index in [0.29, 0.717) is 16.3 Å². The van der Waals surface area contributed by atoms with Gasteiger partial charge in [0.2, 0.25) is 0 Å². The third-order valence-corrected chi connectivity index (χ3v) is 6.98. The highest BCUT2D eigenvalue weighted by Crippen LogP contribution is 2.39.